The van der Waals surface area contributed by atoms with Gasteiger partial charge < -0.3 is 14.7 Å². The number of ether oxygens (including phenoxy) is 1. The fourth-order valence-electron chi connectivity index (χ4n) is 4.15. The van der Waals surface area contributed by atoms with Crippen LogP contribution in [0.3, 0.4) is 0 Å². The number of carbonyl (C=O) groups excluding carboxylic acids is 1. The highest BCUT2D eigenvalue weighted by molar-refractivity contribution is 5.99. The molecule has 4 nitrogen and oxygen atoms in total. The molecule has 0 spiro atoms. The zero-order chi connectivity index (χ0) is 18.7. The van der Waals surface area contributed by atoms with Crippen molar-refractivity contribution in [2.24, 2.45) is 11.8 Å². The zero-order valence-electron chi connectivity index (χ0n) is 15.8. The van der Waals surface area contributed by atoms with Gasteiger partial charge in [0.25, 0.3) is 5.91 Å². The number of benzene rings is 1. The number of aliphatic hydroxyl groups excluding tert-OH is 1. The molecule has 1 unspecified atom stereocenters. The Labute approximate surface area is 155 Å². The zero-order valence-corrected chi connectivity index (χ0v) is 15.8. The molecule has 0 aromatic heterocycles. The quantitative estimate of drug-likeness (QED) is 0.741. The van der Waals surface area contributed by atoms with Crippen molar-refractivity contribution in [1.29, 1.82) is 0 Å². The first-order chi connectivity index (χ1) is 12.5. The Hall–Kier alpha value is -1.62. The van der Waals surface area contributed by atoms with Gasteiger partial charge in [0.05, 0.1) is 18.3 Å². The summed E-state index contributed by atoms with van der Waals surface area (Å²) in [7, 11) is 0. The van der Waals surface area contributed by atoms with Crippen LogP contribution in [0, 0.1) is 17.7 Å². The molecular weight excluding hydrogens is 333 g/mol. The van der Waals surface area contributed by atoms with Crippen molar-refractivity contribution in [1.82, 2.24) is 4.90 Å². The van der Waals surface area contributed by atoms with Crippen LogP contribution < -0.4 is 4.74 Å². The second-order valence-corrected chi connectivity index (χ2v) is 7.82. The predicted molar refractivity (Wildman–Crippen MR) is 98.7 cm³/mol. The lowest BCUT2D eigenvalue weighted by atomic mass is 9.79. The summed E-state index contributed by atoms with van der Waals surface area (Å²) in [5, 5.41) is 9.72. The number of rotatable bonds is 7. The Bertz CT molecular complexity index is 638. The van der Waals surface area contributed by atoms with Gasteiger partial charge in [0, 0.05) is 13.1 Å². The van der Waals surface area contributed by atoms with Crippen LogP contribution in [0.15, 0.2) is 12.1 Å². The van der Waals surface area contributed by atoms with Gasteiger partial charge in [-0.1, -0.05) is 19.4 Å². The van der Waals surface area contributed by atoms with Crippen LogP contribution in [0.5, 0.6) is 5.75 Å². The number of halogens is 1. The molecule has 2 aliphatic rings. The highest BCUT2D eigenvalue weighted by Gasteiger charge is 2.34. The molecule has 0 radical (unpaired) electrons. The number of unbranched alkanes of at least 4 members (excludes halogenated alkanes) is 1. The average molecular weight is 363 g/mol. The minimum Gasteiger partial charge on any atom is -0.490 e. The summed E-state index contributed by atoms with van der Waals surface area (Å²) < 4.78 is 20.2. The fraction of sp³-hybridized carbons (Fsp3) is 0.667. The summed E-state index contributed by atoms with van der Waals surface area (Å²) in [4.78, 5) is 14.5. The Morgan fingerprint density at radius 2 is 2.04 bits per heavy atom. The molecule has 1 amide bonds. The number of hydrogen-bond acceptors (Lipinski definition) is 3. The van der Waals surface area contributed by atoms with Gasteiger partial charge in [-0.15, -0.1) is 0 Å². The Kier molecular flexibility index (Phi) is 6.17. The molecule has 1 aliphatic heterocycles. The van der Waals surface area contributed by atoms with Gasteiger partial charge in [0.1, 0.15) is 0 Å². The Morgan fingerprint density at radius 3 is 2.69 bits per heavy atom. The van der Waals surface area contributed by atoms with Crippen molar-refractivity contribution in [3.05, 3.63) is 29.1 Å². The smallest absolute Gasteiger partial charge is 0.257 e. The summed E-state index contributed by atoms with van der Waals surface area (Å²) in [6.07, 6.45) is 5.63. The topological polar surface area (TPSA) is 49.8 Å². The van der Waals surface area contributed by atoms with Crippen molar-refractivity contribution in [2.75, 3.05) is 13.2 Å². The molecule has 1 aromatic carbocycles. The number of aliphatic hydroxyl groups is 1. The van der Waals surface area contributed by atoms with Gasteiger partial charge in [-0.2, -0.15) is 0 Å². The van der Waals surface area contributed by atoms with Crippen LogP contribution in [-0.4, -0.2) is 35.2 Å². The van der Waals surface area contributed by atoms with Crippen molar-refractivity contribution in [3.63, 3.8) is 0 Å². The van der Waals surface area contributed by atoms with E-state index in [4.69, 9.17) is 4.74 Å². The number of amides is 1. The van der Waals surface area contributed by atoms with Gasteiger partial charge in [-0.3, -0.25) is 4.79 Å². The molecule has 1 N–H and O–H groups in total. The first-order valence-corrected chi connectivity index (χ1v) is 9.92. The lowest BCUT2D eigenvalue weighted by Crippen LogP contribution is -2.33. The van der Waals surface area contributed by atoms with Crippen LogP contribution in [0.2, 0.25) is 0 Å². The maximum Gasteiger partial charge on any atom is 0.257 e. The van der Waals surface area contributed by atoms with Gasteiger partial charge in [-0.05, 0) is 62.5 Å². The van der Waals surface area contributed by atoms with E-state index in [2.05, 4.69) is 6.92 Å². The first kappa shape index (κ1) is 19.2. The average Bonchev–Trinajstić information content (AvgIpc) is 2.94. The van der Waals surface area contributed by atoms with Crippen molar-refractivity contribution in [3.8, 4) is 5.75 Å². The molecular formula is C21H30FNO3. The van der Waals surface area contributed by atoms with Gasteiger partial charge >= 0.3 is 0 Å². The minimum absolute atomic E-state index is 0.185. The van der Waals surface area contributed by atoms with E-state index in [1.807, 2.05) is 13.0 Å². The van der Waals surface area contributed by atoms with Crippen LogP contribution in [-0.2, 0) is 6.54 Å². The summed E-state index contributed by atoms with van der Waals surface area (Å²) in [6.45, 7) is 5.53. The first-order valence-electron chi connectivity index (χ1n) is 9.92. The third-order valence-corrected chi connectivity index (χ3v) is 5.86. The van der Waals surface area contributed by atoms with E-state index in [-0.39, 0.29) is 23.3 Å². The summed E-state index contributed by atoms with van der Waals surface area (Å²) in [5.74, 6) is 0.273. The maximum atomic E-state index is 14.7. The fourth-order valence-corrected chi connectivity index (χ4v) is 4.15. The Morgan fingerprint density at radius 1 is 1.31 bits per heavy atom. The number of hydrogen-bond donors (Lipinski definition) is 1. The van der Waals surface area contributed by atoms with Crippen LogP contribution >= 0.6 is 0 Å². The molecule has 1 aromatic rings. The molecule has 26 heavy (non-hydrogen) atoms. The van der Waals surface area contributed by atoms with Crippen LogP contribution in [0.4, 0.5) is 4.39 Å². The summed E-state index contributed by atoms with van der Waals surface area (Å²) in [5.41, 5.74) is 0.949. The molecule has 0 saturated heterocycles. The van der Waals surface area contributed by atoms with E-state index in [1.54, 1.807) is 11.0 Å². The second kappa shape index (κ2) is 8.38. The van der Waals surface area contributed by atoms with E-state index in [0.29, 0.717) is 31.5 Å². The summed E-state index contributed by atoms with van der Waals surface area (Å²) >= 11 is 0. The van der Waals surface area contributed by atoms with Gasteiger partial charge in [-0.25, -0.2) is 4.39 Å². The maximum absolute atomic E-state index is 14.7. The van der Waals surface area contributed by atoms with Gasteiger partial charge in [0.2, 0.25) is 0 Å². The second-order valence-electron chi connectivity index (χ2n) is 7.82. The monoisotopic (exact) mass is 363 g/mol. The van der Waals surface area contributed by atoms with Crippen LogP contribution in [0.1, 0.15) is 68.3 Å². The normalized spacial score (nSPS) is 23.8. The Balaban J connectivity index is 1.62. The van der Waals surface area contributed by atoms with Crippen molar-refractivity contribution >= 4 is 5.91 Å². The lowest BCUT2D eigenvalue weighted by molar-refractivity contribution is 0.0645. The minimum atomic E-state index is -0.510. The van der Waals surface area contributed by atoms with Crippen molar-refractivity contribution in [2.45, 2.75) is 65.0 Å². The predicted octanol–water partition coefficient (Wildman–Crippen LogP) is 4.15. The molecule has 1 saturated carbocycles. The van der Waals surface area contributed by atoms with Gasteiger partial charge in [0.15, 0.2) is 11.6 Å². The van der Waals surface area contributed by atoms with Crippen LogP contribution in [0.25, 0.3) is 0 Å². The largest absolute Gasteiger partial charge is 0.490 e. The lowest BCUT2D eigenvalue weighted by Gasteiger charge is -2.32. The van der Waals surface area contributed by atoms with E-state index < -0.39 is 5.82 Å². The molecule has 0 bridgehead atoms. The SMILES string of the molecule is CCCCOc1ccc2c(c1F)C(=O)N(C[C@H]1CC[C@H](C(C)O)CC1)C2. The highest BCUT2D eigenvalue weighted by atomic mass is 19.1. The third kappa shape index (κ3) is 4.03. The van der Waals surface area contributed by atoms with E-state index >= 15 is 0 Å². The molecule has 5 heteroatoms. The molecule has 1 heterocycles. The molecule has 1 aliphatic carbocycles. The van der Waals surface area contributed by atoms with E-state index in [0.717, 1.165) is 44.1 Å². The standard InChI is InChI=1S/C21H30FNO3/c1-3-4-11-26-18-10-9-17-13-23(21(25)19(17)20(18)22)12-15-5-7-16(8-6-15)14(2)24/h9-10,14-16,24H,3-8,11-13H2,1-2H3/t14?,15-,16-. The molecule has 1 atom stereocenters. The number of nitrogens with zero attached hydrogens (tertiary/aromatic N) is 1. The molecule has 3 rings (SSSR count). The van der Waals surface area contributed by atoms with Crippen molar-refractivity contribution < 1.29 is 19.0 Å². The molecule has 144 valence electrons. The third-order valence-electron chi connectivity index (χ3n) is 5.86. The summed E-state index contributed by atoms with van der Waals surface area (Å²) in [6, 6.07) is 3.47. The van der Waals surface area contributed by atoms with E-state index in [9.17, 15) is 14.3 Å². The highest BCUT2D eigenvalue weighted by Crippen LogP contribution is 2.35. The van der Waals surface area contributed by atoms with E-state index in [1.165, 1.54) is 0 Å². The molecule has 1 fully saturated rings. The number of fused-ring (bicyclic) bond motifs is 1. The number of carbonyl (C=O) groups is 1.